The Bertz CT molecular complexity index is 1590. The average Bonchev–Trinajstić information content (AvgIpc) is 3.65. The largest absolute Gasteiger partial charge is 0.573 e. The van der Waals surface area contributed by atoms with E-state index in [1.807, 2.05) is 5.38 Å². The summed E-state index contributed by atoms with van der Waals surface area (Å²) in [4.78, 5) is 30.7. The number of anilines is 2. The highest BCUT2D eigenvalue weighted by atomic mass is 32.1. The first-order valence-corrected chi connectivity index (χ1v) is 14.3. The lowest BCUT2D eigenvalue weighted by Crippen LogP contribution is -2.36. The molecule has 5 rings (SSSR count). The molecule has 0 unspecified atom stereocenters. The summed E-state index contributed by atoms with van der Waals surface area (Å²) in [5.41, 5.74) is 6.02. The Kier molecular flexibility index (Phi) is 8.97. The number of methoxy groups -OCH3 is 1. The van der Waals surface area contributed by atoms with Gasteiger partial charge < -0.3 is 24.8 Å². The SMILES string of the molecule is COC(=O)C[C@@H](O)NC(=O)c1ccc(CN(c2ccc3c(c2)CCC3)c2nc(-c3ccc(OC(F)(F)F)cc3)cs2)cc1. The molecule has 1 aliphatic rings. The second-order valence-corrected chi connectivity index (χ2v) is 10.8. The van der Waals surface area contributed by atoms with Gasteiger partial charge >= 0.3 is 12.3 Å². The van der Waals surface area contributed by atoms with Crippen molar-refractivity contribution in [3.8, 4) is 17.0 Å². The van der Waals surface area contributed by atoms with Crippen molar-refractivity contribution in [1.82, 2.24) is 10.3 Å². The van der Waals surface area contributed by atoms with E-state index in [4.69, 9.17) is 4.98 Å². The molecule has 1 heterocycles. The fourth-order valence-electron chi connectivity index (χ4n) is 4.81. The lowest BCUT2D eigenvalue weighted by molar-refractivity contribution is -0.274. The Morgan fingerprint density at radius 2 is 1.77 bits per heavy atom. The Labute approximate surface area is 249 Å². The number of alkyl halides is 3. The molecule has 0 fully saturated rings. The minimum atomic E-state index is -4.76. The van der Waals surface area contributed by atoms with Gasteiger partial charge in [0.15, 0.2) is 5.13 Å². The molecular formula is C31H28F3N3O5S. The van der Waals surface area contributed by atoms with Gasteiger partial charge in [-0.15, -0.1) is 24.5 Å². The molecule has 43 heavy (non-hydrogen) atoms. The average molecular weight is 612 g/mol. The molecule has 0 saturated carbocycles. The van der Waals surface area contributed by atoms with E-state index in [0.29, 0.717) is 28.5 Å². The van der Waals surface area contributed by atoms with Crippen LogP contribution >= 0.6 is 11.3 Å². The molecule has 1 atom stereocenters. The van der Waals surface area contributed by atoms with Gasteiger partial charge in [0.1, 0.15) is 12.0 Å². The molecule has 12 heteroatoms. The molecule has 1 amide bonds. The van der Waals surface area contributed by atoms with E-state index in [-0.39, 0.29) is 12.2 Å². The summed E-state index contributed by atoms with van der Waals surface area (Å²) in [6.45, 7) is 0.428. The molecule has 0 aliphatic heterocycles. The van der Waals surface area contributed by atoms with Crippen molar-refractivity contribution in [1.29, 1.82) is 0 Å². The quantitative estimate of drug-likeness (QED) is 0.164. The van der Waals surface area contributed by atoms with Crippen molar-refractivity contribution in [3.63, 3.8) is 0 Å². The molecule has 4 aromatic rings. The summed E-state index contributed by atoms with van der Waals surface area (Å²) >= 11 is 1.41. The highest BCUT2D eigenvalue weighted by Gasteiger charge is 2.31. The molecule has 1 aliphatic carbocycles. The third kappa shape index (κ3) is 7.70. The summed E-state index contributed by atoms with van der Waals surface area (Å²) in [7, 11) is 1.20. The van der Waals surface area contributed by atoms with E-state index in [0.717, 1.165) is 30.5 Å². The highest BCUT2D eigenvalue weighted by Crippen LogP contribution is 2.36. The summed E-state index contributed by atoms with van der Waals surface area (Å²) in [5.74, 6) is -1.48. The maximum Gasteiger partial charge on any atom is 0.573 e. The molecule has 8 nitrogen and oxygen atoms in total. The number of hydrogen-bond donors (Lipinski definition) is 2. The van der Waals surface area contributed by atoms with Gasteiger partial charge in [-0.25, -0.2) is 4.98 Å². The van der Waals surface area contributed by atoms with Gasteiger partial charge in [0.25, 0.3) is 5.91 Å². The molecule has 3 aromatic carbocycles. The van der Waals surface area contributed by atoms with Gasteiger partial charge in [0.2, 0.25) is 0 Å². The molecule has 0 saturated heterocycles. The smallest absolute Gasteiger partial charge is 0.469 e. The zero-order valence-electron chi connectivity index (χ0n) is 23.1. The monoisotopic (exact) mass is 611 g/mol. The third-order valence-corrected chi connectivity index (χ3v) is 7.81. The van der Waals surface area contributed by atoms with E-state index in [9.17, 15) is 27.9 Å². The van der Waals surface area contributed by atoms with Crippen LogP contribution in [-0.2, 0) is 28.9 Å². The van der Waals surface area contributed by atoms with Crippen LogP contribution in [0.4, 0.5) is 24.0 Å². The van der Waals surface area contributed by atoms with Crippen molar-refractivity contribution < 1.29 is 37.3 Å². The Balaban J connectivity index is 1.36. The van der Waals surface area contributed by atoms with Crippen LogP contribution in [0.15, 0.2) is 72.1 Å². The third-order valence-electron chi connectivity index (χ3n) is 6.94. The summed E-state index contributed by atoms with van der Waals surface area (Å²) in [6, 6.07) is 18.8. The minimum Gasteiger partial charge on any atom is -0.469 e. The second-order valence-electron chi connectivity index (χ2n) is 9.95. The van der Waals surface area contributed by atoms with Crippen LogP contribution in [0.5, 0.6) is 5.75 Å². The van der Waals surface area contributed by atoms with Crippen LogP contribution in [0, 0.1) is 0 Å². The summed E-state index contributed by atoms with van der Waals surface area (Å²) in [5, 5.41) is 14.8. The molecule has 2 N–H and O–H groups in total. The number of aryl methyl sites for hydroxylation is 2. The number of hydrogen-bond acceptors (Lipinski definition) is 8. The zero-order valence-corrected chi connectivity index (χ0v) is 23.9. The first kappa shape index (κ1) is 30.1. The van der Waals surface area contributed by atoms with E-state index < -0.39 is 24.5 Å². The van der Waals surface area contributed by atoms with E-state index >= 15 is 0 Å². The first-order chi connectivity index (χ1) is 20.6. The van der Waals surface area contributed by atoms with Crippen LogP contribution < -0.4 is 15.0 Å². The first-order valence-electron chi connectivity index (χ1n) is 13.4. The zero-order chi connectivity index (χ0) is 30.6. The van der Waals surface area contributed by atoms with Crippen molar-refractivity contribution in [2.75, 3.05) is 12.0 Å². The van der Waals surface area contributed by atoms with Gasteiger partial charge in [-0.2, -0.15) is 0 Å². The number of ether oxygens (including phenoxy) is 2. The van der Waals surface area contributed by atoms with Crippen LogP contribution in [-0.4, -0.2) is 41.7 Å². The number of aliphatic hydroxyl groups is 1. The number of benzene rings is 3. The predicted octanol–water partition coefficient (Wildman–Crippen LogP) is 6.15. The van der Waals surface area contributed by atoms with Crippen molar-refractivity contribution in [2.24, 2.45) is 0 Å². The normalized spacial score (nSPS) is 13.2. The highest BCUT2D eigenvalue weighted by molar-refractivity contribution is 7.14. The molecule has 0 spiro atoms. The number of amides is 1. The number of thiazole rings is 1. The van der Waals surface area contributed by atoms with Crippen LogP contribution in [0.2, 0.25) is 0 Å². The number of carbonyl (C=O) groups is 2. The van der Waals surface area contributed by atoms with Crippen LogP contribution in [0.25, 0.3) is 11.3 Å². The minimum absolute atomic E-state index is 0.304. The number of aliphatic hydroxyl groups excluding tert-OH is 1. The Morgan fingerprint density at radius 1 is 1.05 bits per heavy atom. The van der Waals surface area contributed by atoms with Gasteiger partial charge in [-0.05, 0) is 84.5 Å². The van der Waals surface area contributed by atoms with Gasteiger partial charge in [-0.3, -0.25) is 9.59 Å². The van der Waals surface area contributed by atoms with Gasteiger partial charge in [-0.1, -0.05) is 18.2 Å². The number of nitrogens with one attached hydrogen (secondary N) is 1. The van der Waals surface area contributed by atoms with Crippen molar-refractivity contribution in [2.45, 2.75) is 44.8 Å². The fraction of sp³-hybridized carbons (Fsp3) is 0.258. The lowest BCUT2D eigenvalue weighted by atomic mass is 10.1. The van der Waals surface area contributed by atoms with Crippen LogP contribution in [0.1, 0.15) is 39.9 Å². The number of esters is 1. The van der Waals surface area contributed by atoms with E-state index in [1.165, 1.54) is 53.8 Å². The number of aromatic nitrogens is 1. The molecular weight excluding hydrogens is 583 g/mol. The standard InChI is InChI=1S/C31H28F3N3O5S/c1-41-28(39)16-27(38)36-29(40)22-7-5-19(6-8-22)17-37(24-12-9-20-3-2-4-23(20)15-24)30-35-26(18-43-30)21-10-13-25(14-11-21)42-31(32,33)34/h5-15,18,27,38H,2-4,16-17H2,1H3,(H,36,40)/t27-/m1/s1. The Morgan fingerprint density at radius 3 is 2.47 bits per heavy atom. The van der Waals surface area contributed by atoms with Gasteiger partial charge in [0, 0.05) is 22.2 Å². The Hall–Kier alpha value is -4.42. The number of halogens is 3. The lowest BCUT2D eigenvalue weighted by Gasteiger charge is -2.23. The van der Waals surface area contributed by atoms with E-state index in [1.54, 1.807) is 24.3 Å². The molecule has 0 radical (unpaired) electrons. The molecule has 224 valence electrons. The summed E-state index contributed by atoms with van der Waals surface area (Å²) < 4.78 is 46.2. The number of carbonyl (C=O) groups excluding carboxylic acids is 2. The van der Waals surface area contributed by atoms with Crippen LogP contribution in [0.3, 0.4) is 0 Å². The predicted molar refractivity (Wildman–Crippen MR) is 155 cm³/mol. The van der Waals surface area contributed by atoms with Gasteiger partial charge in [0.05, 0.1) is 25.8 Å². The van der Waals surface area contributed by atoms with E-state index in [2.05, 4.69) is 37.9 Å². The summed E-state index contributed by atoms with van der Waals surface area (Å²) in [6.07, 6.45) is -3.36. The second kappa shape index (κ2) is 12.8. The number of fused-ring (bicyclic) bond motifs is 1. The molecule has 1 aromatic heterocycles. The maximum atomic E-state index is 12.6. The van der Waals surface area contributed by atoms with Crippen molar-refractivity contribution in [3.05, 3.63) is 94.4 Å². The van der Waals surface area contributed by atoms with Crippen molar-refractivity contribution >= 4 is 34.0 Å². The molecule has 0 bridgehead atoms. The number of rotatable bonds is 10. The topological polar surface area (TPSA) is 101 Å². The maximum absolute atomic E-state index is 12.6. The fourth-order valence-corrected chi connectivity index (χ4v) is 5.67. The number of nitrogens with zero attached hydrogens (tertiary/aromatic N) is 2.